The topological polar surface area (TPSA) is 101 Å². The standard InChI is InChI=1S/C23H22N2O7/c1-28-17-10-9-14(21(29-2)22(17)30-3)24-19(26)12-25-15(23(27)31-4)11-18-20(25)13-7-5-6-8-16(13)32-18/h5-11H,12H2,1-4H3,(H,24,26). The summed E-state index contributed by atoms with van der Waals surface area (Å²) >= 11 is 0. The number of aromatic nitrogens is 1. The van der Waals surface area contributed by atoms with E-state index in [1.165, 1.54) is 28.4 Å². The average molecular weight is 438 g/mol. The highest BCUT2D eigenvalue weighted by Gasteiger charge is 2.24. The predicted molar refractivity (Wildman–Crippen MR) is 118 cm³/mol. The molecule has 0 saturated carbocycles. The summed E-state index contributed by atoms with van der Waals surface area (Å²) in [6.45, 7) is -0.158. The van der Waals surface area contributed by atoms with Crippen LogP contribution in [-0.4, -0.2) is 44.9 Å². The molecule has 0 bridgehead atoms. The first-order valence-electron chi connectivity index (χ1n) is 9.70. The number of esters is 1. The summed E-state index contributed by atoms with van der Waals surface area (Å²) in [7, 11) is 5.75. The number of methoxy groups -OCH3 is 4. The second-order valence-electron chi connectivity index (χ2n) is 6.85. The lowest BCUT2D eigenvalue weighted by molar-refractivity contribution is -0.116. The van der Waals surface area contributed by atoms with Crippen LogP contribution >= 0.6 is 0 Å². The zero-order valence-electron chi connectivity index (χ0n) is 18.1. The fourth-order valence-electron chi connectivity index (χ4n) is 3.72. The molecule has 2 aromatic heterocycles. The summed E-state index contributed by atoms with van der Waals surface area (Å²) in [4.78, 5) is 25.4. The second-order valence-corrected chi connectivity index (χ2v) is 6.85. The molecule has 2 heterocycles. The van der Waals surface area contributed by atoms with Gasteiger partial charge >= 0.3 is 5.97 Å². The Bertz CT molecular complexity index is 1320. The van der Waals surface area contributed by atoms with Crippen LogP contribution in [0.4, 0.5) is 5.69 Å². The Balaban J connectivity index is 1.73. The van der Waals surface area contributed by atoms with E-state index in [4.69, 9.17) is 23.4 Å². The van der Waals surface area contributed by atoms with Crippen LogP contribution < -0.4 is 19.5 Å². The fraction of sp³-hybridized carbons (Fsp3) is 0.217. The molecule has 166 valence electrons. The number of para-hydroxylation sites is 1. The van der Waals surface area contributed by atoms with Crippen LogP contribution in [0, 0.1) is 0 Å². The van der Waals surface area contributed by atoms with E-state index in [0.717, 1.165) is 5.39 Å². The van der Waals surface area contributed by atoms with E-state index in [0.29, 0.717) is 39.6 Å². The summed E-state index contributed by atoms with van der Waals surface area (Å²) in [6, 6.07) is 12.3. The number of anilines is 1. The number of rotatable bonds is 7. The number of furan rings is 1. The lowest BCUT2D eigenvalue weighted by Crippen LogP contribution is -2.22. The van der Waals surface area contributed by atoms with Gasteiger partial charge < -0.3 is 33.2 Å². The zero-order chi connectivity index (χ0) is 22.8. The molecule has 0 spiro atoms. The Hall–Kier alpha value is -4.14. The van der Waals surface area contributed by atoms with E-state index >= 15 is 0 Å². The normalized spacial score (nSPS) is 10.9. The molecule has 0 unspecified atom stereocenters. The monoisotopic (exact) mass is 438 g/mol. The lowest BCUT2D eigenvalue weighted by Gasteiger charge is -2.16. The van der Waals surface area contributed by atoms with Crippen molar-refractivity contribution < 1.29 is 33.0 Å². The molecular formula is C23H22N2O7. The van der Waals surface area contributed by atoms with Crippen LogP contribution in [0.1, 0.15) is 10.5 Å². The highest BCUT2D eigenvalue weighted by molar-refractivity contribution is 6.07. The first kappa shape index (κ1) is 21.1. The number of carbonyl (C=O) groups excluding carboxylic acids is 2. The summed E-state index contributed by atoms with van der Waals surface area (Å²) in [6.07, 6.45) is 0. The molecule has 0 radical (unpaired) electrons. The van der Waals surface area contributed by atoms with Crippen LogP contribution in [0.2, 0.25) is 0 Å². The van der Waals surface area contributed by atoms with Crippen molar-refractivity contribution in [2.24, 2.45) is 0 Å². The number of hydrogen-bond donors (Lipinski definition) is 1. The van der Waals surface area contributed by atoms with Gasteiger partial charge in [-0.1, -0.05) is 12.1 Å². The molecule has 4 rings (SSSR count). The van der Waals surface area contributed by atoms with Gasteiger partial charge in [-0.05, 0) is 24.3 Å². The number of nitrogens with one attached hydrogen (secondary N) is 1. The van der Waals surface area contributed by atoms with Gasteiger partial charge in [-0.25, -0.2) is 4.79 Å². The van der Waals surface area contributed by atoms with Crippen molar-refractivity contribution in [1.29, 1.82) is 0 Å². The molecule has 2 aromatic carbocycles. The number of fused-ring (bicyclic) bond motifs is 3. The maximum atomic E-state index is 13.0. The summed E-state index contributed by atoms with van der Waals surface area (Å²) in [5, 5.41) is 3.60. The Morgan fingerprint density at radius 1 is 0.938 bits per heavy atom. The van der Waals surface area contributed by atoms with Crippen LogP contribution in [0.3, 0.4) is 0 Å². The molecule has 32 heavy (non-hydrogen) atoms. The van der Waals surface area contributed by atoms with Crippen molar-refractivity contribution in [3.05, 3.63) is 48.2 Å². The molecule has 9 nitrogen and oxygen atoms in total. The molecule has 0 aliphatic heterocycles. The maximum Gasteiger partial charge on any atom is 0.354 e. The second kappa shape index (κ2) is 8.54. The fourth-order valence-corrected chi connectivity index (χ4v) is 3.72. The summed E-state index contributed by atoms with van der Waals surface area (Å²) in [5.74, 6) is 0.180. The van der Waals surface area contributed by atoms with Gasteiger partial charge in [0.25, 0.3) is 0 Å². The maximum absolute atomic E-state index is 13.0. The third-order valence-electron chi connectivity index (χ3n) is 5.10. The Labute approximate surface area is 183 Å². The molecule has 1 N–H and O–H groups in total. The van der Waals surface area contributed by atoms with Gasteiger partial charge in [0.2, 0.25) is 11.7 Å². The third kappa shape index (κ3) is 3.47. The van der Waals surface area contributed by atoms with Gasteiger partial charge in [0.05, 0.1) is 39.6 Å². The van der Waals surface area contributed by atoms with Crippen LogP contribution in [0.15, 0.2) is 46.9 Å². The minimum Gasteiger partial charge on any atom is -0.493 e. The number of benzene rings is 2. The summed E-state index contributed by atoms with van der Waals surface area (Å²) in [5.41, 5.74) is 2.39. The van der Waals surface area contributed by atoms with E-state index in [1.807, 2.05) is 24.3 Å². The Morgan fingerprint density at radius 3 is 2.38 bits per heavy atom. The van der Waals surface area contributed by atoms with E-state index < -0.39 is 5.97 Å². The van der Waals surface area contributed by atoms with Crippen LogP contribution in [0.5, 0.6) is 17.2 Å². The van der Waals surface area contributed by atoms with E-state index in [9.17, 15) is 9.59 Å². The number of amides is 1. The van der Waals surface area contributed by atoms with Crippen LogP contribution in [0.25, 0.3) is 22.1 Å². The smallest absolute Gasteiger partial charge is 0.354 e. The number of hydrogen-bond acceptors (Lipinski definition) is 7. The molecule has 0 aliphatic carbocycles. The molecule has 9 heteroatoms. The van der Waals surface area contributed by atoms with E-state index in [2.05, 4.69) is 5.32 Å². The molecule has 1 amide bonds. The van der Waals surface area contributed by atoms with Gasteiger partial charge in [0.15, 0.2) is 17.1 Å². The number of ether oxygens (including phenoxy) is 4. The Kier molecular flexibility index (Phi) is 5.63. The highest BCUT2D eigenvalue weighted by Crippen LogP contribution is 2.42. The highest BCUT2D eigenvalue weighted by atomic mass is 16.5. The molecule has 0 saturated heterocycles. The number of carbonyl (C=O) groups is 2. The van der Waals surface area contributed by atoms with Gasteiger partial charge in [-0.15, -0.1) is 0 Å². The van der Waals surface area contributed by atoms with E-state index in [1.54, 1.807) is 22.8 Å². The van der Waals surface area contributed by atoms with Gasteiger partial charge in [-0.2, -0.15) is 0 Å². The van der Waals surface area contributed by atoms with E-state index in [-0.39, 0.29) is 18.1 Å². The molecule has 0 aliphatic rings. The third-order valence-corrected chi connectivity index (χ3v) is 5.10. The first-order valence-corrected chi connectivity index (χ1v) is 9.70. The largest absolute Gasteiger partial charge is 0.493 e. The Morgan fingerprint density at radius 2 is 1.69 bits per heavy atom. The van der Waals surface area contributed by atoms with Crippen molar-refractivity contribution in [3.8, 4) is 17.2 Å². The first-order chi connectivity index (χ1) is 15.5. The van der Waals surface area contributed by atoms with Gasteiger partial charge in [0, 0.05) is 11.5 Å². The van der Waals surface area contributed by atoms with Crippen molar-refractivity contribution in [2.45, 2.75) is 6.54 Å². The zero-order valence-corrected chi connectivity index (χ0v) is 18.1. The lowest BCUT2D eigenvalue weighted by atomic mass is 10.2. The quantitative estimate of drug-likeness (QED) is 0.438. The van der Waals surface area contributed by atoms with Crippen molar-refractivity contribution in [3.63, 3.8) is 0 Å². The summed E-state index contributed by atoms with van der Waals surface area (Å²) < 4.78 is 28.4. The van der Waals surface area contributed by atoms with Crippen molar-refractivity contribution >= 4 is 39.6 Å². The van der Waals surface area contributed by atoms with Crippen molar-refractivity contribution in [2.75, 3.05) is 33.8 Å². The molecule has 0 fully saturated rings. The van der Waals surface area contributed by atoms with Gasteiger partial charge in [-0.3, -0.25) is 4.79 Å². The number of nitrogens with zero attached hydrogens (tertiary/aromatic N) is 1. The average Bonchev–Trinajstić information content (AvgIpc) is 3.34. The van der Waals surface area contributed by atoms with Crippen LogP contribution in [-0.2, 0) is 16.1 Å². The van der Waals surface area contributed by atoms with Gasteiger partial charge in [0.1, 0.15) is 17.8 Å². The predicted octanol–water partition coefficient (Wildman–Crippen LogP) is 3.84. The molecular weight excluding hydrogens is 416 g/mol. The minimum absolute atomic E-state index is 0.158. The molecule has 0 atom stereocenters. The molecule has 4 aromatic rings. The minimum atomic E-state index is -0.572. The van der Waals surface area contributed by atoms with Crippen molar-refractivity contribution in [1.82, 2.24) is 4.57 Å². The SMILES string of the molecule is COC(=O)c1cc2oc3ccccc3c2n1CC(=O)Nc1ccc(OC)c(OC)c1OC.